The number of fused-ring (bicyclic) bond motifs is 1. The minimum absolute atomic E-state index is 0.218. The van der Waals surface area contributed by atoms with Crippen LogP contribution in [0.5, 0.6) is 11.5 Å². The molecule has 1 aromatic heterocycles. The van der Waals surface area contributed by atoms with Gasteiger partial charge >= 0.3 is 5.97 Å². The van der Waals surface area contributed by atoms with Gasteiger partial charge in [0.15, 0.2) is 4.80 Å². The van der Waals surface area contributed by atoms with Crippen molar-refractivity contribution in [1.29, 1.82) is 0 Å². The molecule has 0 unspecified atom stereocenters. The number of aromatic nitrogens is 1. The molecule has 0 N–H and O–H groups in total. The van der Waals surface area contributed by atoms with Crippen LogP contribution in [0.2, 0.25) is 0 Å². The number of benzene rings is 2. The lowest BCUT2D eigenvalue weighted by Crippen LogP contribution is -2.40. The highest BCUT2D eigenvalue weighted by Gasteiger charge is 2.35. The van der Waals surface area contributed by atoms with Crippen LogP contribution >= 0.6 is 11.3 Å². The van der Waals surface area contributed by atoms with Crippen LogP contribution in [0.4, 0.5) is 0 Å². The molecule has 0 aliphatic carbocycles. The molecule has 36 heavy (non-hydrogen) atoms. The van der Waals surface area contributed by atoms with E-state index in [1.807, 2.05) is 62.4 Å². The van der Waals surface area contributed by atoms with Gasteiger partial charge in [-0.2, -0.15) is 0 Å². The molecule has 1 aliphatic heterocycles. The van der Waals surface area contributed by atoms with Crippen LogP contribution in [0.15, 0.2) is 63.5 Å². The maximum atomic E-state index is 13.8. The first-order valence-corrected chi connectivity index (χ1v) is 12.8. The zero-order valence-electron chi connectivity index (χ0n) is 21.2. The van der Waals surface area contributed by atoms with E-state index in [0.717, 1.165) is 23.3 Å². The molecule has 1 aliphatic rings. The number of allylic oxidation sites excluding steroid dienone is 1. The van der Waals surface area contributed by atoms with E-state index in [2.05, 4.69) is 4.99 Å². The first-order chi connectivity index (χ1) is 17.4. The van der Waals surface area contributed by atoms with Crippen LogP contribution in [0.3, 0.4) is 0 Å². The van der Waals surface area contributed by atoms with Gasteiger partial charge in [0, 0.05) is 5.56 Å². The molecule has 0 spiro atoms. The smallest absolute Gasteiger partial charge is 0.338 e. The van der Waals surface area contributed by atoms with E-state index in [9.17, 15) is 9.59 Å². The summed E-state index contributed by atoms with van der Waals surface area (Å²) < 4.78 is 18.9. The number of carbonyl (C=O) groups excluding carboxylic acids is 1. The summed E-state index contributed by atoms with van der Waals surface area (Å²) >= 11 is 1.29. The molecule has 7 nitrogen and oxygen atoms in total. The Bertz CT molecular complexity index is 1500. The number of esters is 1. The molecule has 0 amide bonds. The van der Waals surface area contributed by atoms with Crippen molar-refractivity contribution in [2.24, 2.45) is 4.99 Å². The number of hydrogen-bond donors (Lipinski definition) is 0. The Balaban J connectivity index is 1.95. The minimum Gasteiger partial charge on any atom is -0.496 e. The van der Waals surface area contributed by atoms with Gasteiger partial charge in [0.05, 0.1) is 36.1 Å². The summed E-state index contributed by atoms with van der Waals surface area (Å²) in [7, 11) is 1.62. The van der Waals surface area contributed by atoms with E-state index in [0.29, 0.717) is 38.5 Å². The SMILES string of the molecule is CCCOc1ccccc1[C@H]1C(C(=O)OCC)=C(C)N=c2s/c(=C/c3ccc(C)c(OC)c3)c(=O)n21. The van der Waals surface area contributed by atoms with Crippen molar-refractivity contribution in [1.82, 2.24) is 4.57 Å². The molecule has 8 heteroatoms. The summed E-state index contributed by atoms with van der Waals surface area (Å²) in [6.07, 6.45) is 2.66. The number of aryl methyl sites for hydroxylation is 1. The van der Waals surface area contributed by atoms with Crippen molar-refractivity contribution in [3.63, 3.8) is 0 Å². The number of carbonyl (C=O) groups is 1. The van der Waals surface area contributed by atoms with Crippen molar-refractivity contribution in [2.75, 3.05) is 20.3 Å². The molecule has 0 saturated heterocycles. The molecule has 0 fully saturated rings. The van der Waals surface area contributed by atoms with Gasteiger partial charge in [-0.05, 0) is 56.5 Å². The van der Waals surface area contributed by atoms with Gasteiger partial charge < -0.3 is 14.2 Å². The Morgan fingerprint density at radius 2 is 1.92 bits per heavy atom. The lowest BCUT2D eigenvalue weighted by atomic mass is 9.95. The van der Waals surface area contributed by atoms with Crippen LogP contribution in [-0.4, -0.2) is 30.9 Å². The molecular formula is C28H30N2O5S. The van der Waals surface area contributed by atoms with Gasteiger partial charge in [-0.15, -0.1) is 0 Å². The average molecular weight is 507 g/mol. The zero-order valence-corrected chi connectivity index (χ0v) is 22.0. The van der Waals surface area contributed by atoms with Crippen LogP contribution in [0.1, 0.15) is 49.9 Å². The Morgan fingerprint density at radius 3 is 2.64 bits per heavy atom. The van der Waals surface area contributed by atoms with E-state index in [-0.39, 0.29) is 12.2 Å². The van der Waals surface area contributed by atoms with E-state index < -0.39 is 12.0 Å². The van der Waals surface area contributed by atoms with Gasteiger partial charge in [-0.25, -0.2) is 9.79 Å². The van der Waals surface area contributed by atoms with E-state index >= 15 is 0 Å². The second-order valence-electron chi connectivity index (χ2n) is 8.42. The van der Waals surface area contributed by atoms with Gasteiger partial charge in [0.2, 0.25) is 0 Å². The largest absolute Gasteiger partial charge is 0.496 e. The lowest BCUT2D eigenvalue weighted by Gasteiger charge is -2.26. The summed E-state index contributed by atoms with van der Waals surface area (Å²) in [4.78, 5) is 32.1. The minimum atomic E-state index is -0.719. The number of hydrogen-bond acceptors (Lipinski definition) is 7. The molecule has 188 valence electrons. The van der Waals surface area contributed by atoms with Gasteiger partial charge in [-0.1, -0.05) is 48.6 Å². The highest BCUT2D eigenvalue weighted by molar-refractivity contribution is 7.07. The Hall–Kier alpha value is -3.65. The number of methoxy groups -OCH3 is 1. The summed E-state index contributed by atoms with van der Waals surface area (Å²) in [6, 6.07) is 12.6. The highest BCUT2D eigenvalue weighted by Crippen LogP contribution is 2.36. The third-order valence-corrected chi connectivity index (χ3v) is 6.91. The number of rotatable bonds is 8. The molecule has 4 rings (SSSR count). The molecule has 2 aromatic carbocycles. The quantitative estimate of drug-likeness (QED) is 0.433. The van der Waals surface area contributed by atoms with Gasteiger partial charge in [-0.3, -0.25) is 9.36 Å². The van der Waals surface area contributed by atoms with E-state index in [1.54, 1.807) is 25.5 Å². The summed E-state index contributed by atoms with van der Waals surface area (Å²) in [5, 5.41) is 0. The summed E-state index contributed by atoms with van der Waals surface area (Å²) in [5.74, 6) is 0.877. The second kappa shape index (κ2) is 11.0. The molecule has 2 heterocycles. The second-order valence-corrected chi connectivity index (χ2v) is 9.43. The Kier molecular flexibility index (Phi) is 7.74. The predicted molar refractivity (Wildman–Crippen MR) is 140 cm³/mol. The Labute approximate surface area is 214 Å². The molecule has 3 aromatic rings. The fraction of sp³-hybridized carbons (Fsp3) is 0.321. The molecule has 0 saturated carbocycles. The predicted octanol–water partition coefficient (Wildman–Crippen LogP) is 3.90. The molecule has 1 atom stereocenters. The normalized spacial score (nSPS) is 15.4. The topological polar surface area (TPSA) is 79.1 Å². The van der Waals surface area contributed by atoms with Crippen molar-refractivity contribution >= 4 is 23.4 Å². The monoisotopic (exact) mass is 506 g/mol. The van der Waals surface area contributed by atoms with Gasteiger partial charge in [0.25, 0.3) is 5.56 Å². The maximum absolute atomic E-state index is 13.8. The van der Waals surface area contributed by atoms with E-state index in [4.69, 9.17) is 14.2 Å². The fourth-order valence-corrected chi connectivity index (χ4v) is 5.26. The number of thiazole rings is 1. The Morgan fingerprint density at radius 1 is 1.14 bits per heavy atom. The first kappa shape index (κ1) is 25.4. The van der Waals surface area contributed by atoms with Crippen molar-refractivity contribution in [3.8, 4) is 11.5 Å². The van der Waals surface area contributed by atoms with Crippen LogP contribution in [0, 0.1) is 6.92 Å². The zero-order chi connectivity index (χ0) is 25.8. The van der Waals surface area contributed by atoms with Gasteiger partial charge in [0.1, 0.15) is 17.5 Å². The van der Waals surface area contributed by atoms with Crippen LogP contribution in [-0.2, 0) is 9.53 Å². The fourth-order valence-electron chi connectivity index (χ4n) is 4.21. The van der Waals surface area contributed by atoms with Crippen molar-refractivity contribution < 1.29 is 19.0 Å². The molecule has 0 radical (unpaired) electrons. The first-order valence-electron chi connectivity index (χ1n) is 12.0. The van der Waals surface area contributed by atoms with Crippen molar-refractivity contribution in [2.45, 2.75) is 40.2 Å². The summed E-state index contributed by atoms with van der Waals surface area (Å²) in [5.41, 5.74) is 3.19. The average Bonchev–Trinajstić information content (AvgIpc) is 3.17. The van der Waals surface area contributed by atoms with Crippen molar-refractivity contribution in [3.05, 3.63) is 90.1 Å². The number of para-hydroxylation sites is 1. The maximum Gasteiger partial charge on any atom is 0.338 e. The van der Waals surface area contributed by atoms with Crippen LogP contribution < -0.4 is 24.4 Å². The highest BCUT2D eigenvalue weighted by atomic mass is 32.1. The number of nitrogens with zero attached hydrogens (tertiary/aromatic N) is 2. The summed E-state index contributed by atoms with van der Waals surface area (Å²) in [6.45, 7) is 8.26. The van der Waals surface area contributed by atoms with Crippen LogP contribution in [0.25, 0.3) is 6.08 Å². The molecular weight excluding hydrogens is 476 g/mol. The third-order valence-electron chi connectivity index (χ3n) is 5.92. The lowest BCUT2D eigenvalue weighted by molar-refractivity contribution is -0.139. The van der Waals surface area contributed by atoms with E-state index in [1.165, 1.54) is 11.3 Å². The standard InChI is InChI=1S/C28H30N2O5S/c1-6-14-35-21-11-9-8-10-20(21)25-24(27(32)34-7-2)18(4)29-28-30(25)26(31)23(36-28)16-19-13-12-17(3)22(15-19)33-5/h8-13,15-16,25H,6-7,14H2,1-5H3/b23-16+/t25-/m0/s1. The number of ether oxygens (including phenoxy) is 3. The third kappa shape index (κ3) is 4.86. The molecule has 0 bridgehead atoms.